The molecule has 0 unspecified atom stereocenters. The SMILES string of the molecule is C/C(=N\NC(=O)c1ccccc1O)c1cccc([N+](=O)[O-])c1O. The minimum absolute atomic E-state index is 0.0346. The number of phenols is 2. The van der Waals surface area contributed by atoms with Crippen molar-refractivity contribution in [1.29, 1.82) is 0 Å². The van der Waals surface area contributed by atoms with Gasteiger partial charge >= 0.3 is 5.69 Å². The summed E-state index contributed by atoms with van der Waals surface area (Å²) in [6, 6.07) is 9.93. The maximum absolute atomic E-state index is 11.9. The van der Waals surface area contributed by atoms with Crippen LogP contribution in [0.3, 0.4) is 0 Å². The normalized spacial score (nSPS) is 11.1. The van der Waals surface area contributed by atoms with Crippen LogP contribution in [0.5, 0.6) is 11.5 Å². The molecule has 0 aliphatic heterocycles. The Morgan fingerprint density at radius 1 is 1.13 bits per heavy atom. The van der Waals surface area contributed by atoms with Crippen LogP contribution in [0.15, 0.2) is 47.6 Å². The first-order valence-electron chi connectivity index (χ1n) is 6.51. The molecule has 0 spiro atoms. The summed E-state index contributed by atoms with van der Waals surface area (Å²) in [4.78, 5) is 22.0. The van der Waals surface area contributed by atoms with Gasteiger partial charge in [-0.1, -0.05) is 18.2 Å². The van der Waals surface area contributed by atoms with E-state index in [0.717, 1.165) is 6.07 Å². The Hall–Kier alpha value is -3.42. The molecule has 0 aliphatic rings. The predicted molar refractivity (Wildman–Crippen MR) is 82.5 cm³/mol. The summed E-state index contributed by atoms with van der Waals surface area (Å²) in [5.74, 6) is -1.38. The van der Waals surface area contributed by atoms with Crippen molar-refractivity contribution in [2.75, 3.05) is 0 Å². The van der Waals surface area contributed by atoms with E-state index < -0.39 is 22.3 Å². The summed E-state index contributed by atoms with van der Waals surface area (Å²) < 4.78 is 0. The largest absolute Gasteiger partial charge is 0.507 e. The molecule has 8 nitrogen and oxygen atoms in total. The summed E-state index contributed by atoms with van der Waals surface area (Å²) in [6.07, 6.45) is 0. The van der Waals surface area contributed by atoms with Gasteiger partial charge in [-0.3, -0.25) is 14.9 Å². The van der Waals surface area contributed by atoms with Crippen LogP contribution in [0, 0.1) is 10.1 Å². The predicted octanol–water partition coefficient (Wildman–Crippen LogP) is 2.16. The molecule has 0 bridgehead atoms. The molecule has 0 fully saturated rings. The molecule has 23 heavy (non-hydrogen) atoms. The lowest BCUT2D eigenvalue weighted by atomic mass is 10.1. The van der Waals surface area contributed by atoms with Gasteiger partial charge in [0.25, 0.3) is 5.91 Å². The highest BCUT2D eigenvalue weighted by Crippen LogP contribution is 2.29. The second-order valence-electron chi connectivity index (χ2n) is 4.59. The van der Waals surface area contributed by atoms with Crippen LogP contribution in [0.2, 0.25) is 0 Å². The number of carbonyl (C=O) groups excluding carboxylic acids is 1. The molecule has 1 amide bonds. The number of hydrazone groups is 1. The van der Waals surface area contributed by atoms with Crippen molar-refractivity contribution < 1.29 is 19.9 Å². The van der Waals surface area contributed by atoms with Crippen LogP contribution in [-0.4, -0.2) is 26.8 Å². The first-order valence-corrected chi connectivity index (χ1v) is 6.51. The van der Waals surface area contributed by atoms with Gasteiger partial charge in [-0.15, -0.1) is 0 Å². The van der Waals surface area contributed by atoms with Gasteiger partial charge in [-0.25, -0.2) is 5.43 Å². The number of hydrogen-bond donors (Lipinski definition) is 3. The van der Waals surface area contributed by atoms with Gasteiger partial charge in [-0.05, 0) is 25.1 Å². The second-order valence-corrected chi connectivity index (χ2v) is 4.59. The maximum atomic E-state index is 11.9. The zero-order valence-corrected chi connectivity index (χ0v) is 12.1. The van der Waals surface area contributed by atoms with E-state index in [2.05, 4.69) is 10.5 Å². The van der Waals surface area contributed by atoms with E-state index in [1.807, 2.05) is 0 Å². The number of hydrogen-bond acceptors (Lipinski definition) is 6. The first kappa shape index (κ1) is 16.0. The average Bonchev–Trinajstić information content (AvgIpc) is 2.52. The number of nitrogens with zero attached hydrogens (tertiary/aromatic N) is 2. The Kier molecular flexibility index (Phi) is 4.55. The molecule has 0 saturated heterocycles. The van der Waals surface area contributed by atoms with E-state index in [1.165, 1.54) is 31.2 Å². The molecular formula is C15H13N3O5. The summed E-state index contributed by atoms with van der Waals surface area (Å²) in [5.41, 5.74) is 2.10. The maximum Gasteiger partial charge on any atom is 0.311 e. The van der Waals surface area contributed by atoms with Crippen molar-refractivity contribution in [2.24, 2.45) is 5.10 Å². The molecule has 0 aromatic heterocycles. The second kappa shape index (κ2) is 6.56. The molecule has 0 saturated carbocycles. The number of para-hydroxylation sites is 2. The molecule has 118 valence electrons. The van der Waals surface area contributed by atoms with E-state index in [9.17, 15) is 25.1 Å². The van der Waals surface area contributed by atoms with Crippen LogP contribution < -0.4 is 5.43 Å². The minimum atomic E-state index is -0.716. The molecule has 8 heteroatoms. The third-order valence-corrected chi connectivity index (χ3v) is 3.08. The van der Waals surface area contributed by atoms with Crippen molar-refractivity contribution in [1.82, 2.24) is 5.43 Å². The number of nitro groups is 1. The number of phenolic OH excluding ortho intramolecular Hbond substituents is 2. The van der Waals surface area contributed by atoms with E-state index >= 15 is 0 Å². The smallest absolute Gasteiger partial charge is 0.311 e. The van der Waals surface area contributed by atoms with Gasteiger partial charge in [0.2, 0.25) is 5.75 Å². The topological polar surface area (TPSA) is 125 Å². The lowest BCUT2D eigenvalue weighted by Crippen LogP contribution is -2.19. The fraction of sp³-hybridized carbons (Fsp3) is 0.0667. The molecule has 0 heterocycles. The Labute approximate surface area is 130 Å². The molecular weight excluding hydrogens is 302 g/mol. The summed E-state index contributed by atoms with van der Waals surface area (Å²) >= 11 is 0. The molecule has 2 aromatic carbocycles. The van der Waals surface area contributed by atoms with Crippen molar-refractivity contribution in [3.63, 3.8) is 0 Å². The number of nitrogens with one attached hydrogen (secondary N) is 1. The molecule has 0 radical (unpaired) electrons. The summed E-state index contributed by atoms with van der Waals surface area (Å²) in [7, 11) is 0. The highest BCUT2D eigenvalue weighted by atomic mass is 16.6. The summed E-state index contributed by atoms with van der Waals surface area (Å²) in [5, 5.41) is 34.1. The third-order valence-electron chi connectivity index (χ3n) is 3.08. The van der Waals surface area contributed by atoms with E-state index in [0.29, 0.717) is 0 Å². The van der Waals surface area contributed by atoms with Gasteiger partial charge < -0.3 is 10.2 Å². The number of aromatic hydroxyl groups is 2. The minimum Gasteiger partial charge on any atom is -0.507 e. The molecule has 2 aromatic rings. The molecule has 3 N–H and O–H groups in total. The van der Waals surface area contributed by atoms with Gasteiger partial charge in [0.15, 0.2) is 0 Å². The number of carbonyl (C=O) groups is 1. The van der Waals surface area contributed by atoms with Crippen molar-refractivity contribution >= 4 is 17.3 Å². The quantitative estimate of drug-likeness (QED) is 0.453. The Morgan fingerprint density at radius 2 is 1.78 bits per heavy atom. The first-order chi connectivity index (χ1) is 10.9. The van der Waals surface area contributed by atoms with Gasteiger partial charge in [-0.2, -0.15) is 5.10 Å². The van der Waals surface area contributed by atoms with Gasteiger partial charge in [0.05, 0.1) is 16.2 Å². The Balaban J connectivity index is 2.24. The van der Waals surface area contributed by atoms with E-state index in [4.69, 9.17) is 0 Å². The Morgan fingerprint density at radius 3 is 2.43 bits per heavy atom. The number of rotatable bonds is 4. The highest BCUT2D eigenvalue weighted by molar-refractivity contribution is 6.03. The number of nitro benzene ring substituents is 1. The lowest BCUT2D eigenvalue weighted by molar-refractivity contribution is -0.385. The van der Waals surface area contributed by atoms with Gasteiger partial charge in [0, 0.05) is 11.6 Å². The number of benzene rings is 2. The average molecular weight is 315 g/mol. The van der Waals surface area contributed by atoms with Crippen LogP contribution in [0.4, 0.5) is 5.69 Å². The fourth-order valence-corrected chi connectivity index (χ4v) is 1.89. The monoisotopic (exact) mass is 315 g/mol. The van der Waals surface area contributed by atoms with E-state index in [1.54, 1.807) is 12.1 Å². The molecule has 2 rings (SSSR count). The zero-order chi connectivity index (χ0) is 17.0. The van der Waals surface area contributed by atoms with Gasteiger partial charge in [0.1, 0.15) is 5.75 Å². The van der Waals surface area contributed by atoms with Crippen LogP contribution in [0.1, 0.15) is 22.8 Å². The fourth-order valence-electron chi connectivity index (χ4n) is 1.89. The molecule has 0 atom stereocenters. The summed E-state index contributed by atoms with van der Waals surface area (Å²) in [6.45, 7) is 1.48. The van der Waals surface area contributed by atoms with Crippen LogP contribution in [-0.2, 0) is 0 Å². The van der Waals surface area contributed by atoms with Crippen LogP contribution in [0.25, 0.3) is 0 Å². The Bertz CT molecular complexity index is 801. The standard InChI is InChI=1S/C15H13N3O5/c1-9(10-6-4-7-12(14(10)20)18(22)23)16-17-15(21)11-5-2-3-8-13(11)19/h2-8,19-20H,1H3,(H,17,21)/b16-9+. The zero-order valence-electron chi connectivity index (χ0n) is 12.1. The highest BCUT2D eigenvalue weighted by Gasteiger charge is 2.18. The van der Waals surface area contributed by atoms with Crippen molar-refractivity contribution in [3.8, 4) is 11.5 Å². The van der Waals surface area contributed by atoms with Crippen molar-refractivity contribution in [3.05, 3.63) is 63.7 Å². The van der Waals surface area contributed by atoms with Crippen molar-refractivity contribution in [2.45, 2.75) is 6.92 Å². The molecule has 0 aliphatic carbocycles. The number of amides is 1. The van der Waals surface area contributed by atoms with E-state index in [-0.39, 0.29) is 22.6 Å². The lowest BCUT2D eigenvalue weighted by Gasteiger charge is -2.06. The third kappa shape index (κ3) is 3.43. The van der Waals surface area contributed by atoms with Crippen LogP contribution >= 0.6 is 0 Å².